The maximum Gasteiger partial charge on any atom is 0.317 e. The van der Waals surface area contributed by atoms with E-state index in [9.17, 15) is 9.59 Å². The van der Waals surface area contributed by atoms with E-state index >= 15 is 0 Å². The van der Waals surface area contributed by atoms with E-state index in [0.717, 1.165) is 11.1 Å². The fourth-order valence-corrected chi connectivity index (χ4v) is 1.85. The summed E-state index contributed by atoms with van der Waals surface area (Å²) >= 11 is 0. The molecular formula is C15H22N2O3. The molecule has 0 saturated carbocycles. The predicted molar refractivity (Wildman–Crippen MR) is 77.5 cm³/mol. The molecule has 0 unspecified atom stereocenters. The van der Waals surface area contributed by atoms with Crippen molar-refractivity contribution in [1.29, 1.82) is 0 Å². The van der Waals surface area contributed by atoms with Crippen molar-refractivity contribution in [3.8, 4) is 0 Å². The highest BCUT2D eigenvalue weighted by Crippen LogP contribution is 2.09. The van der Waals surface area contributed by atoms with Crippen molar-refractivity contribution in [2.45, 2.75) is 32.7 Å². The van der Waals surface area contributed by atoms with Gasteiger partial charge in [-0.3, -0.25) is 4.79 Å². The molecule has 5 heteroatoms. The van der Waals surface area contributed by atoms with Crippen LogP contribution in [0, 0.1) is 6.92 Å². The largest absolute Gasteiger partial charge is 0.481 e. The maximum absolute atomic E-state index is 11.9. The molecule has 0 saturated heterocycles. The monoisotopic (exact) mass is 278 g/mol. The minimum absolute atomic E-state index is 0.136. The van der Waals surface area contributed by atoms with Gasteiger partial charge in [-0.2, -0.15) is 0 Å². The molecule has 0 aliphatic rings. The van der Waals surface area contributed by atoms with E-state index in [2.05, 4.69) is 5.32 Å². The van der Waals surface area contributed by atoms with Crippen LogP contribution in [0.4, 0.5) is 4.79 Å². The third-order valence-electron chi connectivity index (χ3n) is 3.11. The van der Waals surface area contributed by atoms with Crippen molar-refractivity contribution in [3.63, 3.8) is 0 Å². The Labute approximate surface area is 119 Å². The van der Waals surface area contributed by atoms with E-state index in [1.54, 1.807) is 11.9 Å². The number of carboxylic acids is 1. The van der Waals surface area contributed by atoms with Crippen LogP contribution in [0.1, 0.15) is 30.4 Å². The Bertz CT molecular complexity index is 460. The van der Waals surface area contributed by atoms with Gasteiger partial charge in [0.1, 0.15) is 0 Å². The van der Waals surface area contributed by atoms with E-state index < -0.39 is 5.97 Å². The first-order chi connectivity index (χ1) is 9.50. The minimum Gasteiger partial charge on any atom is -0.481 e. The average Bonchev–Trinajstić information content (AvgIpc) is 2.40. The topological polar surface area (TPSA) is 69.6 Å². The zero-order valence-corrected chi connectivity index (χ0v) is 12.1. The quantitative estimate of drug-likeness (QED) is 0.752. The number of rotatable bonds is 7. The predicted octanol–water partition coefficient (Wildman–Crippen LogP) is 2.39. The second-order valence-corrected chi connectivity index (χ2v) is 4.87. The first-order valence-corrected chi connectivity index (χ1v) is 6.76. The number of carboxylic acid groups (broad SMARTS) is 1. The van der Waals surface area contributed by atoms with Crippen molar-refractivity contribution in [2.75, 3.05) is 13.6 Å². The smallest absolute Gasteiger partial charge is 0.317 e. The number of urea groups is 1. The van der Waals surface area contributed by atoms with E-state index in [1.165, 1.54) is 0 Å². The van der Waals surface area contributed by atoms with Crippen LogP contribution in [0.5, 0.6) is 0 Å². The molecule has 5 nitrogen and oxygen atoms in total. The summed E-state index contributed by atoms with van der Waals surface area (Å²) in [6.07, 6.45) is 1.41. The van der Waals surface area contributed by atoms with E-state index in [1.807, 2.05) is 31.2 Å². The van der Waals surface area contributed by atoms with Gasteiger partial charge in [0, 0.05) is 26.6 Å². The lowest BCUT2D eigenvalue weighted by Gasteiger charge is -2.19. The van der Waals surface area contributed by atoms with Gasteiger partial charge in [0.25, 0.3) is 0 Å². The summed E-state index contributed by atoms with van der Waals surface area (Å²) in [6.45, 7) is 3.09. The Balaban J connectivity index is 2.29. The molecule has 0 atom stereocenters. The van der Waals surface area contributed by atoms with Crippen molar-refractivity contribution < 1.29 is 14.7 Å². The highest BCUT2D eigenvalue weighted by atomic mass is 16.4. The minimum atomic E-state index is -0.798. The number of unbranched alkanes of at least 4 members (excludes halogenated alkanes) is 1. The molecule has 110 valence electrons. The van der Waals surface area contributed by atoms with Crippen LogP contribution in [0.3, 0.4) is 0 Å². The molecular weight excluding hydrogens is 256 g/mol. The molecule has 0 radical (unpaired) electrons. The van der Waals surface area contributed by atoms with E-state index in [-0.39, 0.29) is 12.5 Å². The zero-order valence-electron chi connectivity index (χ0n) is 12.1. The lowest BCUT2D eigenvalue weighted by Crippen LogP contribution is -2.37. The highest BCUT2D eigenvalue weighted by molar-refractivity contribution is 5.73. The number of nitrogens with one attached hydrogen (secondary N) is 1. The van der Waals surface area contributed by atoms with Crippen LogP contribution in [0.2, 0.25) is 0 Å². The number of benzene rings is 1. The molecule has 20 heavy (non-hydrogen) atoms. The number of amides is 2. The number of carbonyl (C=O) groups excluding carboxylic acids is 1. The summed E-state index contributed by atoms with van der Waals surface area (Å²) in [7, 11) is 1.75. The Kier molecular flexibility index (Phi) is 6.56. The van der Waals surface area contributed by atoms with Crippen LogP contribution in [0.25, 0.3) is 0 Å². The molecule has 2 N–H and O–H groups in total. The van der Waals surface area contributed by atoms with Gasteiger partial charge < -0.3 is 15.3 Å². The number of aliphatic carboxylic acids is 1. The molecule has 0 aliphatic heterocycles. The van der Waals surface area contributed by atoms with Crippen molar-refractivity contribution in [3.05, 3.63) is 35.4 Å². The average molecular weight is 278 g/mol. The van der Waals surface area contributed by atoms with Crippen molar-refractivity contribution in [1.82, 2.24) is 10.2 Å². The molecule has 0 aliphatic carbocycles. The molecule has 2 amide bonds. The van der Waals surface area contributed by atoms with E-state index in [4.69, 9.17) is 5.11 Å². The lowest BCUT2D eigenvalue weighted by molar-refractivity contribution is -0.137. The third-order valence-corrected chi connectivity index (χ3v) is 3.11. The Morgan fingerprint density at radius 1 is 1.25 bits per heavy atom. The Morgan fingerprint density at radius 2 is 1.95 bits per heavy atom. The second kappa shape index (κ2) is 8.19. The van der Waals surface area contributed by atoms with Crippen LogP contribution in [-0.4, -0.2) is 35.6 Å². The summed E-state index contributed by atoms with van der Waals surface area (Å²) in [4.78, 5) is 23.8. The maximum atomic E-state index is 11.9. The fraction of sp³-hybridized carbons (Fsp3) is 0.467. The fourth-order valence-electron chi connectivity index (χ4n) is 1.85. The summed E-state index contributed by atoms with van der Waals surface area (Å²) in [5, 5.41) is 11.3. The molecule has 0 fully saturated rings. The van der Waals surface area contributed by atoms with Gasteiger partial charge in [0.2, 0.25) is 0 Å². The third kappa shape index (κ3) is 5.73. The first kappa shape index (κ1) is 16.0. The SMILES string of the molecule is Cc1ccccc1CN(C)C(=O)NCCCCC(=O)O. The molecule has 0 spiro atoms. The van der Waals surface area contributed by atoms with Crippen molar-refractivity contribution in [2.24, 2.45) is 0 Å². The van der Waals surface area contributed by atoms with Crippen LogP contribution in [0.15, 0.2) is 24.3 Å². The highest BCUT2D eigenvalue weighted by Gasteiger charge is 2.09. The van der Waals surface area contributed by atoms with Gasteiger partial charge in [-0.15, -0.1) is 0 Å². The lowest BCUT2D eigenvalue weighted by atomic mass is 10.1. The molecule has 0 bridgehead atoms. The number of hydrogen-bond acceptors (Lipinski definition) is 2. The van der Waals surface area contributed by atoms with Crippen molar-refractivity contribution >= 4 is 12.0 Å². The molecule has 0 heterocycles. The van der Waals surface area contributed by atoms with Gasteiger partial charge in [-0.25, -0.2) is 4.79 Å². The zero-order chi connectivity index (χ0) is 15.0. The molecule has 1 rings (SSSR count). The number of hydrogen-bond donors (Lipinski definition) is 2. The number of nitrogens with zero attached hydrogens (tertiary/aromatic N) is 1. The standard InChI is InChI=1S/C15H22N2O3/c1-12-7-3-4-8-13(12)11-17(2)15(20)16-10-6-5-9-14(18)19/h3-4,7-8H,5-6,9-11H2,1-2H3,(H,16,20)(H,18,19). The Hall–Kier alpha value is -2.04. The molecule has 1 aromatic rings. The van der Waals surface area contributed by atoms with Gasteiger partial charge in [-0.05, 0) is 30.9 Å². The number of carbonyl (C=O) groups is 2. The Morgan fingerprint density at radius 3 is 2.60 bits per heavy atom. The van der Waals surface area contributed by atoms with Gasteiger partial charge in [0.15, 0.2) is 0 Å². The summed E-state index contributed by atoms with van der Waals surface area (Å²) in [5.74, 6) is -0.798. The van der Waals surface area contributed by atoms with Gasteiger partial charge in [-0.1, -0.05) is 24.3 Å². The first-order valence-electron chi connectivity index (χ1n) is 6.76. The summed E-state index contributed by atoms with van der Waals surface area (Å²) < 4.78 is 0. The molecule has 0 aromatic heterocycles. The summed E-state index contributed by atoms with van der Waals surface area (Å²) in [6, 6.07) is 7.82. The normalized spacial score (nSPS) is 10.1. The molecule has 1 aromatic carbocycles. The number of aryl methyl sites for hydroxylation is 1. The second-order valence-electron chi connectivity index (χ2n) is 4.87. The van der Waals surface area contributed by atoms with Crippen LogP contribution < -0.4 is 5.32 Å². The van der Waals surface area contributed by atoms with Gasteiger partial charge >= 0.3 is 12.0 Å². The van der Waals surface area contributed by atoms with Crippen LogP contribution in [-0.2, 0) is 11.3 Å². The summed E-state index contributed by atoms with van der Waals surface area (Å²) in [5.41, 5.74) is 2.28. The van der Waals surface area contributed by atoms with Gasteiger partial charge in [0.05, 0.1) is 0 Å². The van der Waals surface area contributed by atoms with E-state index in [0.29, 0.717) is 25.9 Å². The van der Waals surface area contributed by atoms with Crippen LogP contribution >= 0.6 is 0 Å².